The zero-order valence-corrected chi connectivity index (χ0v) is 10.1. The summed E-state index contributed by atoms with van der Waals surface area (Å²) in [5, 5.41) is 12.6. The van der Waals surface area contributed by atoms with Crippen LogP contribution in [0.2, 0.25) is 0 Å². The van der Waals surface area contributed by atoms with Gasteiger partial charge >= 0.3 is 0 Å². The van der Waals surface area contributed by atoms with Gasteiger partial charge in [-0.2, -0.15) is 0 Å². The predicted octanol–water partition coefficient (Wildman–Crippen LogP) is 0.354. The van der Waals surface area contributed by atoms with Crippen molar-refractivity contribution < 1.29 is 13.5 Å². The van der Waals surface area contributed by atoms with E-state index in [4.69, 9.17) is 0 Å². The van der Waals surface area contributed by atoms with E-state index in [0.717, 1.165) is 5.56 Å². The molecule has 0 saturated heterocycles. The van der Waals surface area contributed by atoms with Crippen LogP contribution in [0.1, 0.15) is 11.7 Å². The molecule has 5 heteroatoms. The molecule has 1 aromatic rings. The van der Waals surface area contributed by atoms with Gasteiger partial charge in [-0.25, -0.2) is 8.42 Å². The number of rotatable bonds is 6. The summed E-state index contributed by atoms with van der Waals surface area (Å²) in [4.78, 5) is 0. The largest absolute Gasteiger partial charge is 0.387 e. The first-order valence-electron chi connectivity index (χ1n) is 5.10. The maximum Gasteiger partial charge on any atom is 0.148 e. The molecule has 1 aromatic carbocycles. The van der Waals surface area contributed by atoms with Crippen molar-refractivity contribution in [1.29, 1.82) is 0 Å². The Balaban J connectivity index is 2.29. The van der Waals surface area contributed by atoms with Crippen molar-refractivity contribution in [2.45, 2.75) is 6.10 Å². The van der Waals surface area contributed by atoms with Gasteiger partial charge in [-0.05, 0) is 5.56 Å². The van der Waals surface area contributed by atoms with Crippen molar-refractivity contribution in [3.8, 4) is 0 Å². The van der Waals surface area contributed by atoms with E-state index in [2.05, 4.69) is 5.32 Å². The molecule has 1 rings (SSSR count). The second-order valence-corrected chi connectivity index (χ2v) is 6.02. The lowest BCUT2D eigenvalue weighted by atomic mass is 10.1. The Morgan fingerprint density at radius 1 is 1.31 bits per heavy atom. The number of hydrogen-bond acceptors (Lipinski definition) is 4. The molecule has 16 heavy (non-hydrogen) atoms. The summed E-state index contributed by atoms with van der Waals surface area (Å²) in [6, 6.07) is 9.27. The Bertz CT molecular complexity index is 402. The monoisotopic (exact) mass is 243 g/mol. The Morgan fingerprint density at radius 2 is 1.94 bits per heavy atom. The van der Waals surface area contributed by atoms with E-state index >= 15 is 0 Å². The Kier molecular flexibility index (Phi) is 4.92. The molecule has 0 aromatic heterocycles. The van der Waals surface area contributed by atoms with Gasteiger partial charge in [-0.3, -0.25) is 0 Å². The first-order chi connectivity index (χ1) is 7.49. The zero-order chi connectivity index (χ0) is 12.0. The van der Waals surface area contributed by atoms with Crippen molar-refractivity contribution in [2.75, 3.05) is 25.1 Å². The number of aliphatic hydroxyl groups excluding tert-OH is 1. The molecule has 0 amide bonds. The van der Waals surface area contributed by atoms with Gasteiger partial charge in [-0.15, -0.1) is 0 Å². The summed E-state index contributed by atoms with van der Waals surface area (Å²) < 4.78 is 21.7. The van der Waals surface area contributed by atoms with E-state index in [1.54, 1.807) is 0 Å². The van der Waals surface area contributed by atoms with Gasteiger partial charge in [0.05, 0.1) is 11.9 Å². The van der Waals surface area contributed by atoms with Crippen molar-refractivity contribution in [3.05, 3.63) is 35.9 Å². The average molecular weight is 243 g/mol. The molecule has 0 aliphatic rings. The number of hydrogen-bond donors (Lipinski definition) is 2. The minimum Gasteiger partial charge on any atom is -0.387 e. The van der Waals surface area contributed by atoms with Crippen LogP contribution < -0.4 is 5.32 Å². The SMILES string of the molecule is CS(=O)(=O)CCNCC(O)c1ccccc1. The second-order valence-electron chi connectivity index (χ2n) is 3.76. The van der Waals surface area contributed by atoms with Crippen LogP contribution >= 0.6 is 0 Å². The molecule has 0 bridgehead atoms. The number of benzene rings is 1. The topological polar surface area (TPSA) is 66.4 Å². The van der Waals surface area contributed by atoms with Crippen LogP contribution in [0.25, 0.3) is 0 Å². The molecule has 0 saturated carbocycles. The molecular weight excluding hydrogens is 226 g/mol. The normalized spacial score (nSPS) is 13.6. The first-order valence-corrected chi connectivity index (χ1v) is 7.16. The first kappa shape index (κ1) is 13.2. The molecule has 1 unspecified atom stereocenters. The maximum absolute atomic E-state index is 10.8. The quantitative estimate of drug-likeness (QED) is 0.708. The molecule has 0 heterocycles. The summed E-state index contributed by atoms with van der Waals surface area (Å²) >= 11 is 0. The van der Waals surface area contributed by atoms with Gasteiger partial charge in [0.2, 0.25) is 0 Å². The minimum atomic E-state index is -2.93. The predicted molar refractivity (Wildman–Crippen MR) is 64.0 cm³/mol. The molecule has 0 fully saturated rings. The third-order valence-corrected chi connectivity index (χ3v) is 3.12. The number of aliphatic hydroxyl groups is 1. The van der Waals surface area contributed by atoms with Crippen molar-refractivity contribution in [1.82, 2.24) is 5.32 Å². The fraction of sp³-hybridized carbons (Fsp3) is 0.455. The van der Waals surface area contributed by atoms with Crippen LogP contribution in [-0.4, -0.2) is 38.6 Å². The molecule has 2 N–H and O–H groups in total. The van der Waals surface area contributed by atoms with E-state index in [-0.39, 0.29) is 5.75 Å². The Hall–Kier alpha value is -0.910. The summed E-state index contributed by atoms with van der Waals surface area (Å²) in [7, 11) is -2.93. The van der Waals surface area contributed by atoms with Crippen LogP contribution in [0.5, 0.6) is 0 Å². The Labute approximate surface area is 96.2 Å². The van der Waals surface area contributed by atoms with Crippen LogP contribution in [-0.2, 0) is 9.84 Å². The molecule has 0 aliphatic heterocycles. The maximum atomic E-state index is 10.8. The van der Waals surface area contributed by atoms with Gasteiger partial charge < -0.3 is 10.4 Å². The van der Waals surface area contributed by atoms with E-state index in [0.29, 0.717) is 13.1 Å². The minimum absolute atomic E-state index is 0.0918. The molecule has 0 radical (unpaired) electrons. The average Bonchev–Trinajstić information content (AvgIpc) is 2.24. The van der Waals surface area contributed by atoms with Crippen molar-refractivity contribution in [2.24, 2.45) is 0 Å². The van der Waals surface area contributed by atoms with Gasteiger partial charge in [0.15, 0.2) is 0 Å². The van der Waals surface area contributed by atoms with Crippen molar-refractivity contribution >= 4 is 9.84 Å². The molecule has 0 aliphatic carbocycles. The van der Waals surface area contributed by atoms with E-state index in [1.165, 1.54) is 6.26 Å². The molecule has 0 spiro atoms. The van der Waals surface area contributed by atoms with Crippen LogP contribution in [0.15, 0.2) is 30.3 Å². The van der Waals surface area contributed by atoms with Crippen LogP contribution in [0, 0.1) is 0 Å². The highest BCUT2D eigenvalue weighted by Gasteiger charge is 2.06. The van der Waals surface area contributed by atoms with Crippen LogP contribution in [0.4, 0.5) is 0 Å². The van der Waals surface area contributed by atoms with E-state index in [9.17, 15) is 13.5 Å². The lowest BCUT2D eigenvalue weighted by Gasteiger charge is -2.11. The number of nitrogens with one attached hydrogen (secondary N) is 1. The highest BCUT2D eigenvalue weighted by atomic mass is 32.2. The summed E-state index contributed by atoms with van der Waals surface area (Å²) in [5.74, 6) is 0.0918. The zero-order valence-electron chi connectivity index (χ0n) is 9.26. The number of sulfone groups is 1. The van der Waals surface area contributed by atoms with E-state index < -0.39 is 15.9 Å². The third-order valence-electron chi connectivity index (χ3n) is 2.17. The molecule has 1 atom stereocenters. The Morgan fingerprint density at radius 3 is 2.50 bits per heavy atom. The molecular formula is C11H17NO3S. The van der Waals surface area contributed by atoms with Gasteiger partial charge in [0.25, 0.3) is 0 Å². The standard InChI is InChI=1S/C11H17NO3S/c1-16(14,15)8-7-12-9-11(13)10-5-3-2-4-6-10/h2-6,11-13H,7-9H2,1H3. The summed E-state index contributed by atoms with van der Waals surface area (Å²) in [5.41, 5.74) is 0.828. The smallest absolute Gasteiger partial charge is 0.148 e. The second kappa shape index (κ2) is 5.98. The molecule has 4 nitrogen and oxygen atoms in total. The summed E-state index contributed by atoms with van der Waals surface area (Å²) in [6.45, 7) is 0.724. The molecule has 90 valence electrons. The highest BCUT2D eigenvalue weighted by molar-refractivity contribution is 7.90. The lowest BCUT2D eigenvalue weighted by Crippen LogP contribution is -2.26. The highest BCUT2D eigenvalue weighted by Crippen LogP contribution is 2.10. The van der Waals surface area contributed by atoms with Crippen LogP contribution in [0.3, 0.4) is 0 Å². The van der Waals surface area contributed by atoms with E-state index in [1.807, 2.05) is 30.3 Å². The van der Waals surface area contributed by atoms with Crippen molar-refractivity contribution in [3.63, 3.8) is 0 Å². The van der Waals surface area contributed by atoms with Gasteiger partial charge in [-0.1, -0.05) is 30.3 Å². The lowest BCUT2D eigenvalue weighted by molar-refractivity contribution is 0.175. The fourth-order valence-corrected chi connectivity index (χ4v) is 1.80. The third kappa shape index (κ3) is 5.25. The van der Waals surface area contributed by atoms with Gasteiger partial charge in [0, 0.05) is 19.3 Å². The fourth-order valence-electron chi connectivity index (χ4n) is 1.29. The van der Waals surface area contributed by atoms with Gasteiger partial charge in [0.1, 0.15) is 9.84 Å². The summed E-state index contributed by atoms with van der Waals surface area (Å²) in [6.07, 6.45) is 0.600.